The molecule has 40 heavy (non-hydrogen) atoms. The standard InChI is InChI=1S/C29H30N8O2S/c1-29(15-39-16-29)34-23-11-24(25-9-8-21-10-17(12-30)13-32-37(21)25)31-14-22(23)28-36-35-27(40-28)19-4-6-20(7-5-19)33-26(38)18-2-3-18/h8-11,13-14,18-20H,2-7,15-16H2,1H3,(H,31,34)(H,33,38)/t19-,20-. The van der Waals surface area contributed by atoms with Gasteiger partial charge in [0.15, 0.2) is 5.01 Å². The smallest absolute Gasteiger partial charge is 0.223 e. The second-order valence-electron chi connectivity index (χ2n) is 11.5. The van der Waals surface area contributed by atoms with Crippen molar-refractivity contribution in [2.75, 3.05) is 18.5 Å². The Kier molecular flexibility index (Phi) is 6.24. The van der Waals surface area contributed by atoms with Gasteiger partial charge in [-0.2, -0.15) is 10.4 Å². The van der Waals surface area contributed by atoms with E-state index in [2.05, 4.69) is 38.9 Å². The minimum atomic E-state index is -0.175. The van der Waals surface area contributed by atoms with Crippen LogP contribution in [0.4, 0.5) is 5.69 Å². The van der Waals surface area contributed by atoms with Crippen molar-refractivity contribution in [2.45, 2.75) is 62.9 Å². The number of aromatic nitrogens is 5. The van der Waals surface area contributed by atoms with Gasteiger partial charge in [-0.15, -0.1) is 10.2 Å². The van der Waals surface area contributed by atoms with Gasteiger partial charge in [-0.05, 0) is 69.7 Å². The maximum Gasteiger partial charge on any atom is 0.223 e. The number of rotatable bonds is 7. The quantitative estimate of drug-likeness (QED) is 0.341. The molecule has 0 radical (unpaired) electrons. The molecule has 4 aromatic heterocycles. The minimum absolute atomic E-state index is 0.175. The summed E-state index contributed by atoms with van der Waals surface area (Å²) in [6, 6.07) is 10.2. The van der Waals surface area contributed by atoms with Crippen molar-refractivity contribution in [3.63, 3.8) is 0 Å². The highest BCUT2D eigenvalue weighted by molar-refractivity contribution is 7.14. The molecule has 3 fully saturated rings. The molecule has 10 nitrogen and oxygen atoms in total. The summed E-state index contributed by atoms with van der Waals surface area (Å²) < 4.78 is 7.30. The Morgan fingerprint density at radius 2 is 1.95 bits per heavy atom. The van der Waals surface area contributed by atoms with Crippen molar-refractivity contribution in [1.82, 2.24) is 30.1 Å². The maximum atomic E-state index is 12.2. The molecule has 2 aliphatic carbocycles. The number of hydrogen-bond acceptors (Lipinski definition) is 9. The van der Waals surface area contributed by atoms with Crippen LogP contribution in [0.3, 0.4) is 0 Å². The lowest BCUT2D eigenvalue weighted by molar-refractivity contribution is -0.123. The minimum Gasteiger partial charge on any atom is -0.376 e. The molecule has 7 rings (SSSR count). The van der Waals surface area contributed by atoms with Gasteiger partial charge in [0.1, 0.15) is 11.1 Å². The summed E-state index contributed by atoms with van der Waals surface area (Å²) in [6.07, 6.45) is 9.47. The van der Waals surface area contributed by atoms with Gasteiger partial charge in [0.05, 0.1) is 53.0 Å². The molecule has 5 heterocycles. The van der Waals surface area contributed by atoms with E-state index in [1.807, 2.05) is 30.5 Å². The highest BCUT2D eigenvalue weighted by Gasteiger charge is 2.35. The Hall–Kier alpha value is -3.88. The van der Waals surface area contributed by atoms with Crippen LogP contribution in [0, 0.1) is 17.2 Å². The number of anilines is 1. The largest absolute Gasteiger partial charge is 0.376 e. The van der Waals surface area contributed by atoms with Crippen molar-refractivity contribution < 1.29 is 9.53 Å². The number of pyridine rings is 1. The van der Waals surface area contributed by atoms with E-state index in [4.69, 9.17) is 9.72 Å². The van der Waals surface area contributed by atoms with Gasteiger partial charge in [-0.1, -0.05) is 11.3 Å². The maximum absolute atomic E-state index is 12.2. The van der Waals surface area contributed by atoms with E-state index in [9.17, 15) is 10.1 Å². The van der Waals surface area contributed by atoms with Gasteiger partial charge < -0.3 is 15.4 Å². The zero-order chi connectivity index (χ0) is 27.3. The van der Waals surface area contributed by atoms with Crippen LogP contribution in [0.5, 0.6) is 0 Å². The van der Waals surface area contributed by atoms with Crippen LogP contribution >= 0.6 is 11.3 Å². The van der Waals surface area contributed by atoms with E-state index < -0.39 is 0 Å². The fraction of sp³-hybridized carbons (Fsp3) is 0.448. The second kappa shape index (κ2) is 9.94. The highest BCUT2D eigenvalue weighted by atomic mass is 32.1. The molecule has 0 bridgehead atoms. The van der Waals surface area contributed by atoms with E-state index in [0.717, 1.165) is 76.7 Å². The topological polar surface area (TPSA) is 130 Å². The molecule has 204 valence electrons. The van der Waals surface area contributed by atoms with Crippen molar-refractivity contribution in [3.05, 3.63) is 47.2 Å². The molecule has 2 N–H and O–H groups in total. The Bertz CT molecular complexity index is 1620. The number of ether oxygens (including phenoxy) is 1. The molecule has 3 aliphatic rings. The fourth-order valence-electron chi connectivity index (χ4n) is 5.59. The molecule has 0 aromatic carbocycles. The van der Waals surface area contributed by atoms with Crippen LogP contribution in [0.15, 0.2) is 36.7 Å². The second-order valence-corrected chi connectivity index (χ2v) is 12.5. The number of hydrogen-bond donors (Lipinski definition) is 2. The predicted molar refractivity (Wildman–Crippen MR) is 151 cm³/mol. The summed E-state index contributed by atoms with van der Waals surface area (Å²) in [5, 5.41) is 31.7. The molecular formula is C29H30N8O2S. The highest BCUT2D eigenvalue weighted by Crippen LogP contribution is 2.40. The van der Waals surface area contributed by atoms with Crippen molar-refractivity contribution in [1.29, 1.82) is 5.26 Å². The average molecular weight is 555 g/mol. The van der Waals surface area contributed by atoms with Gasteiger partial charge in [0.25, 0.3) is 0 Å². The van der Waals surface area contributed by atoms with Crippen molar-refractivity contribution in [3.8, 4) is 28.0 Å². The van der Waals surface area contributed by atoms with Crippen LogP contribution < -0.4 is 10.6 Å². The first-order valence-corrected chi connectivity index (χ1v) is 14.7. The lowest BCUT2D eigenvalue weighted by Crippen LogP contribution is -2.53. The van der Waals surface area contributed by atoms with E-state index in [0.29, 0.717) is 24.7 Å². The van der Waals surface area contributed by atoms with Crippen LogP contribution in [-0.2, 0) is 9.53 Å². The molecule has 0 unspecified atom stereocenters. The zero-order valence-corrected chi connectivity index (χ0v) is 23.1. The monoisotopic (exact) mass is 554 g/mol. The molecule has 2 saturated carbocycles. The summed E-state index contributed by atoms with van der Waals surface area (Å²) in [4.78, 5) is 17.0. The number of nitrogens with zero attached hydrogens (tertiary/aromatic N) is 6. The lowest BCUT2D eigenvalue weighted by Gasteiger charge is -2.40. The summed E-state index contributed by atoms with van der Waals surface area (Å²) in [7, 11) is 0. The van der Waals surface area contributed by atoms with E-state index >= 15 is 0 Å². The Morgan fingerprint density at radius 3 is 2.67 bits per heavy atom. The number of fused-ring (bicyclic) bond motifs is 1. The third kappa shape index (κ3) is 4.82. The molecule has 0 spiro atoms. The average Bonchev–Trinajstić information content (AvgIpc) is 3.55. The first kappa shape index (κ1) is 25.1. The number of nitrogens with one attached hydrogen (secondary N) is 2. The molecule has 1 saturated heterocycles. The van der Waals surface area contributed by atoms with Gasteiger partial charge >= 0.3 is 0 Å². The predicted octanol–water partition coefficient (Wildman–Crippen LogP) is 4.54. The number of amides is 1. The Balaban J connectivity index is 1.14. The van der Waals surface area contributed by atoms with Crippen LogP contribution in [0.1, 0.15) is 61.9 Å². The molecule has 1 amide bonds. The van der Waals surface area contributed by atoms with E-state index in [1.165, 1.54) is 0 Å². The fourth-order valence-corrected chi connectivity index (χ4v) is 6.62. The van der Waals surface area contributed by atoms with Crippen molar-refractivity contribution >= 4 is 28.4 Å². The molecule has 0 atom stereocenters. The van der Waals surface area contributed by atoms with E-state index in [-0.39, 0.29) is 23.4 Å². The van der Waals surface area contributed by atoms with Crippen LogP contribution in [0.25, 0.3) is 27.5 Å². The first-order chi connectivity index (χ1) is 19.5. The summed E-state index contributed by atoms with van der Waals surface area (Å²) in [5.74, 6) is 0.848. The van der Waals surface area contributed by atoms with Crippen molar-refractivity contribution in [2.24, 2.45) is 5.92 Å². The normalized spacial score (nSPS) is 21.9. The van der Waals surface area contributed by atoms with Gasteiger partial charge in [-0.25, -0.2) is 4.52 Å². The van der Waals surface area contributed by atoms with Gasteiger partial charge in [0.2, 0.25) is 5.91 Å². The van der Waals surface area contributed by atoms with E-state index in [1.54, 1.807) is 22.0 Å². The zero-order valence-electron chi connectivity index (χ0n) is 22.3. The van der Waals surface area contributed by atoms with Crippen LogP contribution in [-0.4, -0.2) is 55.5 Å². The third-order valence-corrected chi connectivity index (χ3v) is 9.23. The third-order valence-electron chi connectivity index (χ3n) is 8.12. The van der Waals surface area contributed by atoms with Crippen LogP contribution in [0.2, 0.25) is 0 Å². The number of nitriles is 1. The molecule has 11 heteroatoms. The van der Waals surface area contributed by atoms with Gasteiger partial charge in [0, 0.05) is 29.8 Å². The first-order valence-electron chi connectivity index (χ1n) is 13.9. The van der Waals surface area contributed by atoms with Gasteiger partial charge in [-0.3, -0.25) is 9.78 Å². The summed E-state index contributed by atoms with van der Waals surface area (Å²) in [5.41, 5.74) is 4.62. The summed E-state index contributed by atoms with van der Waals surface area (Å²) in [6.45, 7) is 3.39. The number of carbonyl (C=O) groups is 1. The lowest BCUT2D eigenvalue weighted by atomic mass is 9.86. The Morgan fingerprint density at radius 1 is 1.12 bits per heavy atom. The summed E-state index contributed by atoms with van der Waals surface area (Å²) >= 11 is 1.63. The molecule has 4 aromatic rings. The molecule has 1 aliphatic heterocycles. The Labute approximate surface area is 235 Å². The molecular weight excluding hydrogens is 524 g/mol. The number of carbonyl (C=O) groups excluding carboxylic acids is 1. The SMILES string of the molecule is CC1(Nc2cc(-c3ccc4cc(C#N)cnn34)ncc2-c2nnc([C@H]3CC[C@H](NC(=O)C4CC4)CC3)s2)COC1.